The Hall–Kier alpha value is -0.770. The summed E-state index contributed by atoms with van der Waals surface area (Å²) >= 11 is 5.90. The molecule has 166 valence electrons. The minimum atomic E-state index is 0. The molecule has 29 heavy (non-hydrogen) atoms. The highest BCUT2D eigenvalue weighted by atomic mass is 127. The van der Waals surface area contributed by atoms with Gasteiger partial charge in [0, 0.05) is 51.3 Å². The second-order valence-electron chi connectivity index (χ2n) is 7.31. The van der Waals surface area contributed by atoms with Crippen LogP contribution in [0.4, 0.5) is 0 Å². The second-order valence-corrected chi connectivity index (χ2v) is 7.75. The zero-order valence-electron chi connectivity index (χ0n) is 18.1. The number of aliphatic imine (C=N–C) groups is 1. The fraction of sp³-hybridized carbons (Fsp3) is 0.667. The smallest absolute Gasteiger partial charge is 0.193 e. The zero-order chi connectivity index (χ0) is 20.2. The zero-order valence-corrected chi connectivity index (χ0v) is 21.2. The number of hydrogen-bond donors (Lipinski definition) is 1. The predicted molar refractivity (Wildman–Crippen MR) is 134 cm³/mol. The molecule has 1 N–H and O–H groups in total. The van der Waals surface area contributed by atoms with E-state index in [2.05, 4.69) is 41.0 Å². The van der Waals surface area contributed by atoms with Crippen molar-refractivity contribution in [1.82, 2.24) is 20.0 Å². The van der Waals surface area contributed by atoms with E-state index in [1.807, 2.05) is 24.3 Å². The van der Waals surface area contributed by atoms with Crippen LogP contribution in [-0.4, -0.2) is 93.7 Å². The van der Waals surface area contributed by atoms with Crippen LogP contribution in [0.25, 0.3) is 0 Å². The molecule has 1 saturated heterocycles. The average molecular weight is 538 g/mol. The topological polar surface area (TPSA) is 43.3 Å². The molecule has 0 bridgehead atoms. The SMILES string of the molecule is CCNC(=NCCCCN1CCN(C)CC1)N(C)CCOc1ccc(Cl)cc1.I. The molecule has 0 aliphatic carbocycles. The second kappa shape index (κ2) is 15.1. The maximum Gasteiger partial charge on any atom is 0.193 e. The number of ether oxygens (including phenoxy) is 1. The van der Waals surface area contributed by atoms with Crippen molar-refractivity contribution in [1.29, 1.82) is 0 Å². The van der Waals surface area contributed by atoms with E-state index in [-0.39, 0.29) is 24.0 Å². The van der Waals surface area contributed by atoms with Crippen molar-refractivity contribution in [2.75, 3.05) is 73.1 Å². The van der Waals surface area contributed by atoms with Crippen LogP contribution in [0.5, 0.6) is 5.75 Å². The Balaban J connectivity index is 0.00000420. The van der Waals surface area contributed by atoms with E-state index in [0.29, 0.717) is 6.61 Å². The van der Waals surface area contributed by atoms with Gasteiger partial charge < -0.3 is 24.8 Å². The van der Waals surface area contributed by atoms with Crippen LogP contribution in [-0.2, 0) is 0 Å². The normalized spacial score (nSPS) is 15.7. The van der Waals surface area contributed by atoms with Crippen LogP contribution in [0.15, 0.2) is 29.3 Å². The Kier molecular flexibility index (Phi) is 13.7. The fourth-order valence-corrected chi connectivity index (χ4v) is 3.24. The molecule has 1 aliphatic rings. The number of nitrogens with zero attached hydrogens (tertiary/aromatic N) is 4. The van der Waals surface area contributed by atoms with Crippen LogP contribution >= 0.6 is 35.6 Å². The van der Waals surface area contributed by atoms with Crippen molar-refractivity contribution in [3.8, 4) is 5.75 Å². The van der Waals surface area contributed by atoms with E-state index in [4.69, 9.17) is 21.3 Å². The first kappa shape index (κ1) is 26.3. The Labute approximate surface area is 198 Å². The Bertz CT molecular complexity index is 579. The average Bonchev–Trinajstić information content (AvgIpc) is 2.69. The molecule has 1 aliphatic heterocycles. The highest BCUT2D eigenvalue weighted by Crippen LogP contribution is 2.15. The van der Waals surface area contributed by atoms with Crippen molar-refractivity contribution in [2.45, 2.75) is 19.8 Å². The van der Waals surface area contributed by atoms with Gasteiger partial charge in [-0.25, -0.2) is 0 Å². The quantitative estimate of drug-likeness (QED) is 0.215. The van der Waals surface area contributed by atoms with Crippen molar-refractivity contribution in [3.63, 3.8) is 0 Å². The molecule has 0 atom stereocenters. The number of likely N-dealkylation sites (N-methyl/N-ethyl adjacent to an activating group) is 2. The van der Waals surface area contributed by atoms with E-state index in [1.54, 1.807) is 0 Å². The maximum atomic E-state index is 5.90. The number of guanidine groups is 1. The molecule has 6 nitrogen and oxygen atoms in total. The molecule has 0 saturated carbocycles. The number of nitrogens with one attached hydrogen (secondary N) is 1. The molecule has 1 aromatic rings. The molecule has 0 aromatic heterocycles. The number of piperazine rings is 1. The number of rotatable bonds is 10. The van der Waals surface area contributed by atoms with E-state index < -0.39 is 0 Å². The van der Waals surface area contributed by atoms with E-state index in [0.717, 1.165) is 42.8 Å². The number of hydrogen-bond acceptors (Lipinski definition) is 4. The highest BCUT2D eigenvalue weighted by Gasteiger charge is 2.12. The third kappa shape index (κ3) is 10.7. The lowest BCUT2D eigenvalue weighted by Crippen LogP contribution is -2.44. The van der Waals surface area contributed by atoms with Crippen molar-refractivity contribution >= 4 is 41.5 Å². The summed E-state index contributed by atoms with van der Waals surface area (Å²) in [5.41, 5.74) is 0. The Morgan fingerprint density at radius 1 is 1.17 bits per heavy atom. The molecule has 2 rings (SSSR count). The molecule has 0 radical (unpaired) electrons. The summed E-state index contributed by atoms with van der Waals surface area (Å²) in [6, 6.07) is 7.46. The van der Waals surface area contributed by atoms with Crippen LogP contribution < -0.4 is 10.1 Å². The largest absolute Gasteiger partial charge is 0.492 e. The summed E-state index contributed by atoms with van der Waals surface area (Å²) < 4.78 is 5.79. The van der Waals surface area contributed by atoms with Gasteiger partial charge in [0.05, 0.1) is 6.54 Å². The van der Waals surface area contributed by atoms with Crippen molar-refractivity contribution in [3.05, 3.63) is 29.3 Å². The van der Waals surface area contributed by atoms with Gasteiger partial charge in [-0.1, -0.05) is 11.6 Å². The summed E-state index contributed by atoms with van der Waals surface area (Å²) in [6.07, 6.45) is 2.33. The monoisotopic (exact) mass is 537 g/mol. The van der Waals surface area contributed by atoms with Gasteiger partial charge in [0.25, 0.3) is 0 Å². The van der Waals surface area contributed by atoms with E-state index in [1.165, 1.54) is 39.1 Å². The molecule has 8 heteroatoms. The lowest BCUT2D eigenvalue weighted by Gasteiger charge is -2.32. The minimum Gasteiger partial charge on any atom is -0.492 e. The molecule has 1 aromatic carbocycles. The Morgan fingerprint density at radius 2 is 1.86 bits per heavy atom. The van der Waals surface area contributed by atoms with Crippen LogP contribution in [0, 0.1) is 0 Å². The predicted octanol–water partition coefficient (Wildman–Crippen LogP) is 3.26. The molecular formula is C21H37ClIN5O. The van der Waals surface area contributed by atoms with Gasteiger partial charge in [0.2, 0.25) is 0 Å². The van der Waals surface area contributed by atoms with Crippen molar-refractivity contribution < 1.29 is 4.74 Å². The first-order valence-electron chi connectivity index (χ1n) is 10.4. The summed E-state index contributed by atoms with van der Waals surface area (Å²) in [4.78, 5) is 11.9. The van der Waals surface area contributed by atoms with Crippen LogP contribution in [0.3, 0.4) is 0 Å². The summed E-state index contributed by atoms with van der Waals surface area (Å²) in [5.74, 6) is 1.78. The molecular weight excluding hydrogens is 501 g/mol. The molecule has 0 amide bonds. The fourth-order valence-electron chi connectivity index (χ4n) is 3.11. The molecule has 1 fully saturated rings. The molecule has 0 spiro atoms. The molecule has 1 heterocycles. The van der Waals surface area contributed by atoms with Gasteiger partial charge >= 0.3 is 0 Å². The van der Waals surface area contributed by atoms with Crippen LogP contribution in [0.2, 0.25) is 5.02 Å². The van der Waals surface area contributed by atoms with E-state index >= 15 is 0 Å². The Morgan fingerprint density at radius 3 is 2.52 bits per heavy atom. The van der Waals surface area contributed by atoms with Crippen molar-refractivity contribution in [2.24, 2.45) is 4.99 Å². The van der Waals surface area contributed by atoms with Gasteiger partial charge in [-0.05, 0) is 57.6 Å². The summed E-state index contributed by atoms with van der Waals surface area (Å²) in [6.45, 7) is 11.1. The third-order valence-corrected chi connectivity index (χ3v) is 5.20. The number of halogens is 2. The van der Waals surface area contributed by atoms with Gasteiger partial charge in [-0.3, -0.25) is 4.99 Å². The van der Waals surface area contributed by atoms with Gasteiger partial charge in [0.1, 0.15) is 12.4 Å². The highest BCUT2D eigenvalue weighted by molar-refractivity contribution is 14.0. The summed E-state index contributed by atoms with van der Waals surface area (Å²) in [7, 11) is 4.25. The third-order valence-electron chi connectivity index (χ3n) is 4.95. The molecule has 0 unspecified atom stereocenters. The summed E-state index contributed by atoms with van der Waals surface area (Å²) in [5, 5.41) is 4.09. The lowest BCUT2D eigenvalue weighted by molar-refractivity contribution is 0.152. The van der Waals surface area contributed by atoms with Gasteiger partial charge in [-0.15, -0.1) is 24.0 Å². The first-order chi connectivity index (χ1) is 13.6. The minimum absolute atomic E-state index is 0. The standard InChI is InChI=1S/C21H36ClN5O.HI/c1-4-23-21(24-11-5-6-12-27-15-13-25(2)14-16-27)26(3)17-18-28-20-9-7-19(22)8-10-20;/h7-10H,4-6,11-18H2,1-3H3,(H,23,24);1H. The number of benzene rings is 1. The lowest BCUT2D eigenvalue weighted by atomic mass is 10.2. The number of unbranched alkanes of at least 4 members (excludes halogenated alkanes) is 1. The van der Waals surface area contributed by atoms with Gasteiger partial charge in [-0.2, -0.15) is 0 Å². The van der Waals surface area contributed by atoms with Gasteiger partial charge in [0.15, 0.2) is 5.96 Å². The first-order valence-corrected chi connectivity index (χ1v) is 10.7. The van der Waals surface area contributed by atoms with E-state index in [9.17, 15) is 0 Å². The maximum absolute atomic E-state index is 5.90. The van der Waals surface area contributed by atoms with Crippen LogP contribution in [0.1, 0.15) is 19.8 Å².